The molecule has 0 heterocycles. The van der Waals surface area contributed by atoms with Gasteiger partial charge in [0.1, 0.15) is 0 Å². The van der Waals surface area contributed by atoms with Gasteiger partial charge in [0.2, 0.25) is 0 Å². The number of rotatable bonds is 5. The van der Waals surface area contributed by atoms with E-state index in [1.165, 1.54) is 31.2 Å². The molecule has 1 aromatic carbocycles. The van der Waals surface area contributed by atoms with Crippen LogP contribution in [-0.4, -0.2) is 31.1 Å². The first kappa shape index (κ1) is 14.0. The summed E-state index contributed by atoms with van der Waals surface area (Å²) >= 11 is 3.52. The standard InChI is InChI=1S/C15H23BrN2/c1-18(2)15(8-3-4-9-15)12-17-11-13-6-5-7-14(16)10-13/h5-7,10,17H,3-4,8-9,11-12H2,1-2H3. The minimum absolute atomic E-state index is 0.381. The molecular weight excluding hydrogens is 288 g/mol. The van der Waals surface area contributed by atoms with Crippen LogP contribution in [0.4, 0.5) is 0 Å². The van der Waals surface area contributed by atoms with E-state index in [4.69, 9.17) is 0 Å². The van der Waals surface area contributed by atoms with Crippen LogP contribution in [0, 0.1) is 0 Å². The third-order valence-electron chi connectivity index (χ3n) is 4.16. The maximum atomic E-state index is 3.63. The first-order chi connectivity index (χ1) is 8.62. The van der Waals surface area contributed by atoms with Gasteiger partial charge in [-0.15, -0.1) is 0 Å². The summed E-state index contributed by atoms with van der Waals surface area (Å²) in [5, 5.41) is 3.63. The Labute approximate surface area is 119 Å². The number of nitrogens with zero attached hydrogens (tertiary/aromatic N) is 1. The Morgan fingerprint density at radius 1 is 1.28 bits per heavy atom. The van der Waals surface area contributed by atoms with Gasteiger partial charge in [-0.25, -0.2) is 0 Å². The van der Waals surface area contributed by atoms with Gasteiger partial charge in [0.25, 0.3) is 0 Å². The number of benzene rings is 1. The molecule has 2 nitrogen and oxygen atoms in total. The maximum absolute atomic E-state index is 3.63. The van der Waals surface area contributed by atoms with Crippen LogP contribution in [0.2, 0.25) is 0 Å². The summed E-state index contributed by atoms with van der Waals surface area (Å²) in [4.78, 5) is 2.41. The molecule has 1 aromatic rings. The monoisotopic (exact) mass is 310 g/mol. The topological polar surface area (TPSA) is 15.3 Å². The average Bonchev–Trinajstić information content (AvgIpc) is 2.79. The summed E-state index contributed by atoms with van der Waals surface area (Å²) in [6, 6.07) is 8.53. The predicted octanol–water partition coefficient (Wildman–Crippen LogP) is 3.41. The van der Waals surface area contributed by atoms with E-state index in [1.807, 2.05) is 0 Å². The molecule has 0 atom stereocenters. The fourth-order valence-electron chi connectivity index (χ4n) is 2.90. The van der Waals surface area contributed by atoms with Crippen LogP contribution in [-0.2, 0) is 6.54 Å². The minimum Gasteiger partial charge on any atom is -0.311 e. The van der Waals surface area contributed by atoms with Crippen molar-refractivity contribution < 1.29 is 0 Å². The number of hydrogen-bond donors (Lipinski definition) is 1. The van der Waals surface area contributed by atoms with Gasteiger partial charge in [0.05, 0.1) is 0 Å². The molecule has 0 radical (unpaired) electrons. The molecule has 1 fully saturated rings. The molecule has 1 aliphatic carbocycles. The van der Waals surface area contributed by atoms with Crippen LogP contribution in [0.15, 0.2) is 28.7 Å². The molecule has 2 rings (SSSR count). The van der Waals surface area contributed by atoms with E-state index in [2.05, 4.69) is 64.5 Å². The van der Waals surface area contributed by atoms with Crippen LogP contribution in [0.3, 0.4) is 0 Å². The van der Waals surface area contributed by atoms with Gasteiger partial charge in [-0.3, -0.25) is 0 Å². The fourth-order valence-corrected chi connectivity index (χ4v) is 3.35. The first-order valence-corrected chi connectivity index (χ1v) is 7.54. The predicted molar refractivity (Wildman–Crippen MR) is 80.7 cm³/mol. The highest BCUT2D eigenvalue weighted by Gasteiger charge is 2.35. The van der Waals surface area contributed by atoms with Crippen molar-refractivity contribution >= 4 is 15.9 Å². The lowest BCUT2D eigenvalue weighted by Crippen LogP contribution is -2.49. The van der Waals surface area contributed by atoms with Crippen molar-refractivity contribution in [1.82, 2.24) is 10.2 Å². The van der Waals surface area contributed by atoms with Crippen molar-refractivity contribution in [3.63, 3.8) is 0 Å². The highest BCUT2D eigenvalue weighted by atomic mass is 79.9. The third-order valence-corrected chi connectivity index (χ3v) is 4.65. The van der Waals surface area contributed by atoms with Gasteiger partial charge in [0, 0.05) is 23.1 Å². The summed E-state index contributed by atoms with van der Waals surface area (Å²) in [6.45, 7) is 2.04. The molecule has 0 unspecified atom stereocenters. The fraction of sp³-hybridized carbons (Fsp3) is 0.600. The lowest BCUT2D eigenvalue weighted by molar-refractivity contribution is 0.153. The van der Waals surface area contributed by atoms with Gasteiger partial charge >= 0.3 is 0 Å². The van der Waals surface area contributed by atoms with Gasteiger partial charge in [0.15, 0.2) is 0 Å². The van der Waals surface area contributed by atoms with E-state index in [9.17, 15) is 0 Å². The zero-order valence-electron chi connectivity index (χ0n) is 11.4. The lowest BCUT2D eigenvalue weighted by Gasteiger charge is -2.36. The quantitative estimate of drug-likeness (QED) is 0.896. The highest BCUT2D eigenvalue weighted by molar-refractivity contribution is 9.10. The molecule has 0 saturated heterocycles. The molecule has 100 valence electrons. The van der Waals surface area contributed by atoms with Crippen molar-refractivity contribution in [1.29, 1.82) is 0 Å². The lowest BCUT2D eigenvalue weighted by atomic mass is 9.96. The Morgan fingerprint density at radius 3 is 2.61 bits per heavy atom. The summed E-state index contributed by atoms with van der Waals surface area (Å²) in [6.07, 6.45) is 5.39. The summed E-state index contributed by atoms with van der Waals surface area (Å²) < 4.78 is 1.16. The Balaban J connectivity index is 1.87. The zero-order valence-corrected chi connectivity index (χ0v) is 13.0. The van der Waals surface area contributed by atoms with Crippen LogP contribution in [0.1, 0.15) is 31.2 Å². The van der Waals surface area contributed by atoms with Crippen molar-refractivity contribution in [2.75, 3.05) is 20.6 Å². The zero-order chi connectivity index (χ0) is 13.0. The number of likely N-dealkylation sites (N-methyl/N-ethyl adjacent to an activating group) is 1. The van der Waals surface area contributed by atoms with Crippen molar-refractivity contribution in [3.8, 4) is 0 Å². The average molecular weight is 311 g/mol. The van der Waals surface area contributed by atoms with E-state index >= 15 is 0 Å². The first-order valence-electron chi connectivity index (χ1n) is 6.75. The van der Waals surface area contributed by atoms with E-state index in [0.717, 1.165) is 17.6 Å². The molecule has 0 aliphatic heterocycles. The minimum atomic E-state index is 0.381. The molecule has 1 N–H and O–H groups in total. The Hall–Kier alpha value is -0.380. The largest absolute Gasteiger partial charge is 0.311 e. The van der Waals surface area contributed by atoms with Crippen molar-refractivity contribution in [2.24, 2.45) is 0 Å². The molecule has 0 amide bonds. The van der Waals surface area contributed by atoms with Crippen molar-refractivity contribution in [2.45, 2.75) is 37.8 Å². The van der Waals surface area contributed by atoms with Gasteiger partial charge in [-0.1, -0.05) is 40.9 Å². The van der Waals surface area contributed by atoms with Crippen LogP contribution < -0.4 is 5.32 Å². The van der Waals surface area contributed by atoms with Gasteiger partial charge < -0.3 is 10.2 Å². The van der Waals surface area contributed by atoms with Crippen molar-refractivity contribution in [3.05, 3.63) is 34.3 Å². The number of halogens is 1. The van der Waals surface area contributed by atoms with Crippen LogP contribution >= 0.6 is 15.9 Å². The second kappa shape index (κ2) is 6.18. The molecule has 1 saturated carbocycles. The number of nitrogens with one attached hydrogen (secondary N) is 1. The highest BCUT2D eigenvalue weighted by Crippen LogP contribution is 2.33. The molecule has 0 spiro atoms. The second-order valence-corrected chi connectivity index (χ2v) is 6.48. The van der Waals surface area contributed by atoms with E-state index in [0.29, 0.717) is 5.54 Å². The second-order valence-electron chi connectivity index (χ2n) is 5.56. The van der Waals surface area contributed by atoms with Crippen LogP contribution in [0.25, 0.3) is 0 Å². The maximum Gasteiger partial charge on any atom is 0.0328 e. The number of hydrogen-bond acceptors (Lipinski definition) is 2. The molecule has 1 aliphatic rings. The third kappa shape index (κ3) is 3.34. The molecular formula is C15H23BrN2. The van der Waals surface area contributed by atoms with Gasteiger partial charge in [-0.05, 0) is 44.6 Å². The van der Waals surface area contributed by atoms with Crippen LogP contribution in [0.5, 0.6) is 0 Å². The summed E-state index contributed by atoms with van der Waals surface area (Å²) in [5.74, 6) is 0. The Bertz CT molecular complexity index is 384. The summed E-state index contributed by atoms with van der Waals surface area (Å²) in [5.41, 5.74) is 1.72. The smallest absolute Gasteiger partial charge is 0.0328 e. The molecule has 0 aromatic heterocycles. The normalized spacial score (nSPS) is 18.4. The van der Waals surface area contributed by atoms with E-state index < -0.39 is 0 Å². The van der Waals surface area contributed by atoms with E-state index in [1.54, 1.807) is 0 Å². The van der Waals surface area contributed by atoms with E-state index in [-0.39, 0.29) is 0 Å². The molecule has 0 bridgehead atoms. The summed E-state index contributed by atoms with van der Waals surface area (Å²) in [7, 11) is 4.43. The molecule has 3 heteroatoms. The Kier molecular flexibility index (Phi) is 4.82. The molecule has 18 heavy (non-hydrogen) atoms. The Morgan fingerprint density at radius 2 is 2.00 bits per heavy atom. The van der Waals surface area contributed by atoms with Gasteiger partial charge in [-0.2, -0.15) is 0 Å². The SMILES string of the molecule is CN(C)C1(CNCc2cccc(Br)c2)CCCC1.